The van der Waals surface area contributed by atoms with Crippen LogP contribution in [0.4, 0.5) is 5.69 Å². The summed E-state index contributed by atoms with van der Waals surface area (Å²) in [6, 6.07) is 6.62. The number of carbonyl (C=O) groups excluding carboxylic acids is 1. The van der Waals surface area contributed by atoms with E-state index in [9.17, 15) is 9.90 Å². The number of carbonyl (C=O) groups is 1. The zero-order chi connectivity index (χ0) is 17.6. The van der Waals surface area contributed by atoms with Crippen LogP contribution in [-0.2, 0) is 0 Å². The SMILES string of the molecule is NCCNC(=O)c1ccc(N=NC2C=CC(O)=C3N=CC=CC32)cc1. The number of allylic oxidation sites excluding steroid dienone is 2. The van der Waals surface area contributed by atoms with E-state index in [0.717, 1.165) is 0 Å². The molecule has 0 aromatic heterocycles. The van der Waals surface area contributed by atoms with Crippen LogP contribution in [0.2, 0.25) is 0 Å². The zero-order valence-electron chi connectivity index (χ0n) is 13.5. The lowest BCUT2D eigenvalue weighted by atomic mass is 9.90. The van der Waals surface area contributed by atoms with Gasteiger partial charge >= 0.3 is 0 Å². The van der Waals surface area contributed by atoms with E-state index in [4.69, 9.17) is 5.73 Å². The first-order valence-electron chi connectivity index (χ1n) is 8.00. The van der Waals surface area contributed by atoms with Gasteiger partial charge in [0, 0.05) is 24.9 Å². The van der Waals surface area contributed by atoms with Crippen LogP contribution in [-0.4, -0.2) is 36.4 Å². The van der Waals surface area contributed by atoms with Gasteiger partial charge in [0.15, 0.2) is 0 Å². The van der Waals surface area contributed by atoms with Crippen molar-refractivity contribution in [3.63, 3.8) is 0 Å². The molecule has 4 N–H and O–H groups in total. The Morgan fingerprint density at radius 3 is 2.84 bits per heavy atom. The number of azo groups is 1. The minimum Gasteiger partial charge on any atom is -0.506 e. The molecule has 128 valence electrons. The van der Waals surface area contributed by atoms with Gasteiger partial charge < -0.3 is 16.2 Å². The van der Waals surface area contributed by atoms with Gasteiger partial charge in [0.05, 0.1) is 17.3 Å². The van der Waals surface area contributed by atoms with E-state index in [1.54, 1.807) is 42.6 Å². The van der Waals surface area contributed by atoms with Crippen LogP contribution in [0.3, 0.4) is 0 Å². The minimum atomic E-state index is -0.230. The van der Waals surface area contributed by atoms with Crippen molar-refractivity contribution >= 4 is 17.8 Å². The fourth-order valence-electron chi connectivity index (χ4n) is 2.59. The van der Waals surface area contributed by atoms with Crippen molar-refractivity contribution < 1.29 is 9.90 Å². The van der Waals surface area contributed by atoms with E-state index in [1.165, 1.54) is 0 Å². The van der Waals surface area contributed by atoms with Crippen molar-refractivity contribution in [2.45, 2.75) is 6.04 Å². The fourth-order valence-corrected chi connectivity index (χ4v) is 2.59. The van der Waals surface area contributed by atoms with Gasteiger partial charge in [0.1, 0.15) is 11.8 Å². The maximum Gasteiger partial charge on any atom is 0.251 e. The first-order chi connectivity index (χ1) is 12.2. The molecule has 0 saturated carbocycles. The number of rotatable bonds is 5. The predicted molar refractivity (Wildman–Crippen MR) is 96.1 cm³/mol. The molecule has 25 heavy (non-hydrogen) atoms. The van der Waals surface area contributed by atoms with E-state index in [-0.39, 0.29) is 23.6 Å². The van der Waals surface area contributed by atoms with Gasteiger partial charge in [0.2, 0.25) is 0 Å². The van der Waals surface area contributed by atoms with Gasteiger partial charge in [0.25, 0.3) is 5.91 Å². The summed E-state index contributed by atoms with van der Waals surface area (Å²) in [5.74, 6) is -0.135. The number of aliphatic hydroxyl groups is 1. The van der Waals surface area contributed by atoms with E-state index in [1.807, 2.05) is 12.2 Å². The van der Waals surface area contributed by atoms with Gasteiger partial charge in [-0.1, -0.05) is 12.2 Å². The summed E-state index contributed by atoms with van der Waals surface area (Å²) in [7, 11) is 0. The largest absolute Gasteiger partial charge is 0.506 e. The number of dihydropyridines is 1. The number of fused-ring (bicyclic) bond motifs is 1. The normalized spacial score (nSPS) is 21.6. The lowest BCUT2D eigenvalue weighted by Crippen LogP contribution is -2.28. The Bertz CT molecular complexity index is 790. The number of nitrogens with zero attached hydrogens (tertiary/aromatic N) is 3. The van der Waals surface area contributed by atoms with Gasteiger partial charge in [-0.15, -0.1) is 0 Å². The summed E-state index contributed by atoms with van der Waals surface area (Å²) in [6.07, 6.45) is 8.81. The van der Waals surface area contributed by atoms with Gasteiger partial charge in [-0.05, 0) is 36.4 Å². The smallest absolute Gasteiger partial charge is 0.251 e. The molecule has 1 heterocycles. The molecule has 1 aliphatic heterocycles. The van der Waals surface area contributed by atoms with Crippen LogP contribution < -0.4 is 11.1 Å². The molecule has 7 nitrogen and oxygen atoms in total. The Balaban J connectivity index is 1.68. The number of aliphatic imine (C=N–C) groups is 1. The van der Waals surface area contributed by atoms with Crippen LogP contribution >= 0.6 is 0 Å². The highest BCUT2D eigenvalue weighted by Gasteiger charge is 2.27. The molecule has 1 amide bonds. The summed E-state index contributed by atoms with van der Waals surface area (Å²) < 4.78 is 0. The van der Waals surface area contributed by atoms with E-state index in [0.29, 0.717) is 30.0 Å². The lowest BCUT2D eigenvalue weighted by Gasteiger charge is -2.23. The third-order valence-electron chi connectivity index (χ3n) is 3.88. The molecular formula is C18H19N5O2. The highest BCUT2D eigenvalue weighted by Crippen LogP contribution is 2.31. The monoisotopic (exact) mass is 337 g/mol. The second-order valence-electron chi connectivity index (χ2n) is 5.62. The molecule has 1 aromatic carbocycles. The number of aliphatic hydroxyl groups excluding tert-OH is 1. The number of hydrogen-bond donors (Lipinski definition) is 3. The van der Waals surface area contributed by atoms with Gasteiger partial charge in [-0.25, -0.2) is 0 Å². The van der Waals surface area contributed by atoms with Crippen LogP contribution in [0.25, 0.3) is 0 Å². The Morgan fingerprint density at radius 1 is 1.28 bits per heavy atom. The fraction of sp³-hybridized carbons (Fsp3) is 0.222. The van der Waals surface area contributed by atoms with Crippen molar-refractivity contribution in [2.24, 2.45) is 26.9 Å². The topological polar surface area (TPSA) is 112 Å². The predicted octanol–water partition coefficient (Wildman–Crippen LogP) is 2.42. The quantitative estimate of drug-likeness (QED) is 0.717. The maximum absolute atomic E-state index is 11.8. The van der Waals surface area contributed by atoms with Crippen LogP contribution in [0.1, 0.15) is 10.4 Å². The second kappa shape index (κ2) is 7.67. The Hall–Kier alpha value is -3.06. The third-order valence-corrected chi connectivity index (χ3v) is 3.88. The van der Waals surface area contributed by atoms with Crippen LogP contribution in [0.15, 0.2) is 75.2 Å². The molecule has 7 heteroatoms. The number of hydrogen-bond acceptors (Lipinski definition) is 6. The zero-order valence-corrected chi connectivity index (χ0v) is 13.5. The standard InChI is InChI=1S/C18H19N5O2/c19-9-11-21-18(25)12-3-5-13(6-4-12)22-23-15-7-8-16(24)17-14(15)2-1-10-20-17/h1-8,10,14-15,24H,9,11,19H2,(H,21,25). The molecule has 1 aromatic rings. The van der Waals surface area contributed by atoms with Gasteiger partial charge in [-0.2, -0.15) is 10.2 Å². The molecule has 0 radical (unpaired) electrons. The first kappa shape index (κ1) is 16.8. The number of nitrogens with two attached hydrogens (primary N) is 1. The first-order valence-corrected chi connectivity index (χ1v) is 8.00. The lowest BCUT2D eigenvalue weighted by molar-refractivity contribution is 0.0955. The van der Waals surface area contributed by atoms with E-state index < -0.39 is 0 Å². The Kier molecular flexibility index (Phi) is 5.15. The molecule has 3 rings (SSSR count). The second-order valence-corrected chi connectivity index (χ2v) is 5.62. The van der Waals surface area contributed by atoms with Gasteiger partial charge in [-0.3, -0.25) is 9.79 Å². The highest BCUT2D eigenvalue weighted by atomic mass is 16.3. The Labute approximate surface area is 145 Å². The minimum absolute atomic E-state index is 0.125. The summed E-state index contributed by atoms with van der Waals surface area (Å²) in [4.78, 5) is 16.0. The molecule has 0 fully saturated rings. The molecule has 0 saturated heterocycles. The van der Waals surface area contributed by atoms with Crippen LogP contribution in [0.5, 0.6) is 0 Å². The number of nitrogens with one attached hydrogen (secondary N) is 1. The summed E-state index contributed by atoms with van der Waals surface area (Å²) >= 11 is 0. The average Bonchev–Trinajstić information content (AvgIpc) is 2.66. The number of benzene rings is 1. The molecule has 2 unspecified atom stereocenters. The van der Waals surface area contributed by atoms with Crippen molar-refractivity contribution in [2.75, 3.05) is 13.1 Å². The van der Waals surface area contributed by atoms with E-state index in [2.05, 4.69) is 20.5 Å². The highest BCUT2D eigenvalue weighted by molar-refractivity contribution is 5.94. The number of amides is 1. The maximum atomic E-state index is 11.8. The van der Waals surface area contributed by atoms with Crippen molar-refractivity contribution in [3.8, 4) is 0 Å². The molecule has 2 aliphatic rings. The molecule has 0 bridgehead atoms. The summed E-state index contributed by atoms with van der Waals surface area (Å²) in [5, 5.41) is 21.2. The van der Waals surface area contributed by atoms with Crippen molar-refractivity contribution in [1.29, 1.82) is 0 Å². The average molecular weight is 337 g/mol. The Morgan fingerprint density at radius 2 is 2.08 bits per heavy atom. The third kappa shape index (κ3) is 3.89. The van der Waals surface area contributed by atoms with E-state index >= 15 is 0 Å². The summed E-state index contributed by atoms with van der Waals surface area (Å²) in [6.45, 7) is 0.840. The van der Waals surface area contributed by atoms with Crippen molar-refractivity contribution in [1.82, 2.24) is 5.32 Å². The summed E-state index contributed by atoms with van der Waals surface area (Å²) in [5.41, 5.74) is 7.15. The molecule has 2 atom stereocenters. The van der Waals surface area contributed by atoms with Crippen LogP contribution in [0, 0.1) is 5.92 Å². The van der Waals surface area contributed by atoms with Crippen molar-refractivity contribution in [3.05, 3.63) is 65.6 Å². The molecular weight excluding hydrogens is 318 g/mol. The molecule has 1 aliphatic carbocycles. The molecule has 0 spiro atoms.